The lowest BCUT2D eigenvalue weighted by atomic mass is 10.1. The number of hydrogen-bond donors (Lipinski definition) is 0. The maximum Gasteiger partial charge on any atom is 0.290 e. The summed E-state index contributed by atoms with van der Waals surface area (Å²) in [5, 5.41) is 1.22. The van der Waals surface area contributed by atoms with E-state index in [-0.39, 0.29) is 24.8 Å². The SMILES string of the molecule is COc1ccc2nc(Cl)c(CN(Cc3ccco3)C(=O)c3ccco3)cc2c1. The molecule has 0 atom stereocenters. The summed E-state index contributed by atoms with van der Waals surface area (Å²) in [4.78, 5) is 19.0. The summed E-state index contributed by atoms with van der Waals surface area (Å²) in [7, 11) is 1.61. The van der Waals surface area contributed by atoms with Crippen molar-refractivity contribution in [2.24, 2.45) is 0 Å². The van der Waals surface area contributed by atoms with Gasteiger partial charge in [-0.05, 0) is 48.5 Å². The molecule has 1 aromatic carbocycles. The number of benzene rings is 1. The number of aromatic nitrogens is 1. The monoisotopic (exact) mass is 396 g/mol. The number of carbonyl (C=O) groups is 1. The number of amides is 1. The van der Waals surface area contributed by atoms with Gasteiger partial charge in [-0.3, -0.25) is 4.79 Å². The molecule has 0 bridgehead atoms. The van der Waals surface area contributed by atoms with Crippen molar-refractivity contribution in [1.82, 2.24) is 9.88 Å². The van der Waals surface area contributed by atoms with Crippen LogP contribution in [0.2, 0.25) is 5.15 Å². The maximum absolute atomic E-state index is 12.9. The molecule has 4 rings (SSSR count). The molecule has 7 heteroatoms. The van der Waals surface area contributed by atoms with Crippen LogP contribution in [0.1, 0.15) is 21.9 Å². The minimum absolute atomic E-state index is 0.248. The van der Waals surface area contributed by atoms with Gasteiger partial charge in [0, 0.05) is 17.5 Å². The molecule has 0 aliphatic rings. The molecule has 3 heterocycles. The van der Waals surface area contributed by atoms with Gasteiger partial charge < -0.3 is 18.5 Å². The highest BCUT2D eigenvalue weighted by Crippen LogP contribution is 2.26. The Kier molecular flexibility index (Phi) is 5.04. The van der Waals surface area contributed by atoms with E-state index in [0.29, 0.717) is 16.5 Å². The van der Waals surface area contributed by atoms with Gasteiger partial charge >= 0.3 is 0 Å². The van der Waals surface area contributed by atoms with Crippen LogP contribution < -0.4 is 4.74 Å². The van der Waals surface area contributed by atoms with E-state index in [1.54, 1.807) is 36.5 Å². The van der Waals surface area contributed by atoms with E-state index >= 15 is 0 Å². The van der Waals surface area contributed by atoms with Gasteiger partial charge in [0.15, 0.2) is 5.76 Å². The van der Waals surface area contributed by atoms with Gasteiger partial charge in [0.25, 0.3) is 5.91 Å². The third kappa shape index (κ3) is 3.73. The van der Waals surface area contributed by atoms with Crippen LogP contribution in [0.4, 0.5) is 0 Å². The predicted octanol–water partition coefficient (Wildman–Crippen LogP) is 4.93. The highest BCUT2D eigenvalue weighted by atomic mass is 35.5. The van der Waals surface area contributed by atoms with E-state index < -0.39 is 0 Å². The molecule has 0 aliphatic carbocycles. The first-order valence-corrected chi connectivity index (χ1v) is 9.00. The molecule has 0 N–H and O–H groups in total. The van der Waals surface area contributed by atoms with Gasteiger partial charge in [-0.25, -0.2) is 4.98 Å². The van der Waals surface area contributed by atoms with Gasteiger partial charge in [0.1, 0.15) is 16.7 Å². The average Bonchev–Trinajstić information content (AvgIpc) is 3.41. The second-order valence-electron chi connectivity index (χ2n) is 6.21. The number of halogens is 1. The van der Waals surface area contributed by atoms with E-state index in [1.807, 2.05) is 30.3 Å². The molecule has 0 aliphatic heterocycles. The minimum atomic E-state index is -0.261. The normalized spacial score (nSPS) is 10.9. The van der Waals surface area contributed by atoms with Crippen LogP contribution in [-0.2, 0) is 13.1 Å². The number of methoxy groups -OCH3 is 1. The largest absolute Gasteiger partial charge is 0.497 e. The van der Waals surface area contributed by atoms with Crippen LogP contribution in [0.15, 0.2) is 69.9 Å². The fourth-order valence-corrected chi connectivity index (χ4v) is 3.17. The van der Waals surface area contributed by atoms with Crippen LogP contribution in [0.5, 0.6) is 5.75 Å². The highest BCUT2D eigenvalue weighted by Gasteiger charge is 2.21. The van der Waals surface area contributed by atoms with E-state index in [9.17, 15) is 4.79 Å². The summed E-state index contributed by atoms with van der Waals surface area (Å²) >= 11 is 6.41. The topological polar surface area (TPSA) is 68.7 Å². The van der Waals surface area contributed by atoms with Crippen LogP contribution in [-0.4, -0.2) is 22.9 Å². The first-order valence-electron chi connectivity index (χ1n) is 8.62. The molecule has 4 aromatic rings. The van der Waals surface area contributed by atoms with Gasteiger partial charge in [-0.2, -0.15) is 0 Å². The zero-order valence-electron chi connectivity index (χ0n) is 15.1. The molecule has 142 valence electrons. The third-order valence-corrected chi connectivity index (χ3v) is 4.68. The van der Waals surface area contributed by atoms with Crippen molar-refractivity contribution in [3.05, 3.63) is 83.3 Å². The Morgan fingerprint density at radius 2 is 1.93 bits per heavy atom. The maximum atomic E-state index is 12.9. The van der Waals surface area contributed by atoms with Crippen molar-refractivity contribution in [2.75, 3.05) is 7.11 Å². The van der Waals surface area contributed by atoms with E-state index in [4.69, 9.17) is 25.2 Å². The van der Waals surface area contributed by atoms with Crippen LogP contribution in [0.25, 0.3) is 10.9 Å². The van der Waals surface area contributed by atoms with Crippen molar-refractivity contribution >= 4 is 28.4 Å². The van der Waals surface area contributed by atoms with Crippen LogP contribution in [0, 0.1) is 0 Å². The van der Waals surface area contributed by atoms with Crippen molar-refractivity contribution in [3.8, 4) is 5.75 Å². The molecule has 0 saturated heterocycles. The quantitative estimate of drug-likeness (QED) is 0.432. The summed E-state index contributed by atoms with van der Waals surface area (Å²) in [6, 6.07) is 14.4. The van der Waals surface area contributed by atoms with Crippen molar-refractivity contribution < 1.29 is 18.4 Å². The first-order chi connectivity index (χ1) is 13.6. The summed E-state index contributed by atoms with van der Waals surface area (Å²) in [6.45, 7) is 0.526. The Morgan fingerprint density at radius 3 is 2.64 bits per heavy atom. The number of carbonyl (C=O) groups excluding carboxylic acids is 1. The Balaban J connectivity index is 1.69. The van der Waals surface area contributed by atoms with Gasteiger partial charge in [-0.1, -0.05) is 11.6 Å². The molecule has 6 nitrogen and oxygen atoms in total. The van der Waals surface area contributed by atoms with Crippen molar-refractivity contribution in [1.29, 1.82) is 0 Å². The standard InChI is InChI=1S/C21H17ClN2O4/c1-26-16-6-7-18-14(11-16)10-15(20(22)23-18)12-24(13-17-4-2-8-27-17)21(25)19-5-3-9-28-19/h2-11H,12-13H2,1H3. The fourth-order valence-electron chi connectivity index (χ4n) is 2.96. The molecule has 28 heavy (non-hydrogen) atoms. The van der Waals surface area contributed by atoms with E-state index in [2.05, 4.69) is 4.98 Å². The number of furan rings is 2. The zero-order valence-corrected chi connectivity index (χ0v) is 15.8. The van der Waals surface area contributed by atoms with E-state index in [0.717, 1.165) is 16.7 Å². The molecule has 0 spiro atoms. The van der Waals surface area contributed by atoms with Crippen LogP contribution in [0.3, 0.4) is 0 Å². The first kappa shape index (κ1) is 18.1. The molecule has 0 fully saturated rings. The number of nitrogens with zero attached hydrogens (tertiary/aromatic N) is 2. The van der Waals surface area contributed by atoms with Crippen LogP contribution >= 0.6 is 11.6 Å². The molecular formula is C21H17ClN2O4. The molecule has 0 unspecified atom stereocenters. The smallest absolute Gasteiger partial charge is 0.290 e. The lowest BCUT2D eigenvalue weighted by molar-refractivity contribution is 0.0685. The number of rotatable bonds is 6. The summed E-state index contributed by atoms with van der Waals surface area (Å²) in [5.41, 5.74) is 1.47. The number of pyridine rings is 1. The molecule has 3 aromatic heterocycles. The fraction of sp³-hybridized carbons (Fsp3) is 0.143. The summed E-state index contributed by atoms with van der Waals surface area (Å²) < 4.78 is 16.0. The third-order valence-electron chi connectivity index (χ3n) is 4.36. The lowest BCUT2D eigenvalue weighted by Crippen LogP contribution is -2.30. The van der Waals surface area contributed by atoms with Crippen molar-refractivity contribution in [2.45, 2.75) is 13.1 Å². The Labute approximate surface area is 166 Å². The molecule has 0 radical (unpaired) electrons. The number of hydrogen-bond acceptors (Lipinski definition) is 5. The molecular weight excluding hydrogens is 380 g/mol. The highest BCUT2D eigenvalue weighted by molar-refractivity contribution is 6.30. The predicted molar refractivity (Wildman–Crippen MR) is 104 cm³/mol. The molecule has 1 amide bonds. The Bertz CT molecular complexity index is 1090. The van der Waals surface area contributed by atoms with Crippen molar-refractivity contribution in [3.63, 3.8) is 0 Å². The van der Waals surface area contributed by atoms with Gasteiger partial charge in [0.05, 0.1) is 31.7 Å². The Morgan fingerprint density at radius 1 is 1.11 bits per heavy atom. The second kappa shape index (κ2) is 7.78. The Hall–Kier alpha value is -3.25. The van der Waals surface area contributed by atoms with Gasteiger partial charge in [-0.15, -0.1) is 0 Å². The summed E-state index contributed by atoms with van der Waals surface area (Å²) in [5.74, 6) is 1.37. The number of ether oxygens (including phenoxy) is 1. The minimum Gasteiger partial charge on any atom is -0.497 e. The summed E-state index contributed by atoms with van der Waals surface area (Å²) in [6.07, 6.45) is 3.04. The average molecular weight is 397 g/mol. The zero-order chi connectivity index (χ0) is 19.5. The molecule has 0 saturated carbocycles. The lowest BCUT2D eigenvalue weighted by Gasteiger charge is -2.21. The number of fused-ring (bicyclic) bond motifs is 1. The van der Waals surface area contributed by atoms with Gasteiger partial charge in [0.2, 0.25) is 0 Å². The second-order valence-corrected chi connectivity index (χ2v) is 6.57. The van der Waals surface area contributed by atoms with E-state index in [1.165, 1.54) is 6.26 Å².